The van der Waals surface area contributed by atoms with Crippen molar-refractivity contribution >= 4 is 5.97 Å². The first-order valence-electron chi connectivity index (χ1n) is 4.01. The zero-order chi connectivity index (χ0) is 9.61. The second-order valence-corrected chi connectivity index (χ2v) is 3.52. The molecule has 0 bridgehead atoms. The molecule has 0 saturated heterocycles. The number of nitrogens with zero attached hydrogens (tertiary/aromatic N) is 1. The largest absolute Gasteiger partial charge is 0.481 e. The van der Waals surface area contributed by atoms with E-state index in [1.807, 2.05) is 14.1 Å². The number of hydrogen-bond acceptors (Lipinski definition) is 2. The third kappa shape index (κ3) is 6.12. The van der Waals surface area contributed by atoms with Crippen LogP contribution in [-0.4, -0.2) is 56.5 Å². The maximum absolute atomic E-state index is 10.3. The quantitative estimate of drug-likeness (QED) is 0.587. The molecule has 0 aliphatic carbocycles. The van der Waals surface area contributed by atoms with E-state index in [2.05, 4.69) is 0 Å². The van der Waals surface area contributed by atoms with Crippen molar-refractivity contribution in [2.45, 2.75) is 6.42 Å². The fraction of sp³-hybridized carbons (Fsp3) is 0.875. The van der Waals surface area contributed by atoms with E-state index in [1.54, 1.807) is 7.11 Å². The molecule has 0 aromatic carbocycles. The van der Waals surface area contributed by atoms with Crippen LogP contribution in [-0.2, 0) is 9.53 Å². The fourth-order valence-corrected chi connectivity index (χ4v) is 0.849. The van der Waals surface area contributed by atoms with Gasteiger partial charge in [0.1, 0.15) is 6.54 Å². The summed E-state index contributed by atoms with van der Waals surface area (Å²) in [6, 6.07) is 0. The molecule has 72 valence electrons. The Morgan fingerprint density at radius 3 is 2.42 bits per heavy atom. The van der Waals surface area contributed by atoms with Crippen LogP contribution in [0.4, 0.5) is 0 Å². The van der Waals surface area contributed by atoms with Gasteiger partial charge in [-0.1, -0.05) is 0 Å². The van der Waals surface area contributed by atoms with Crippen LogP contribution >= 0.6 is 0 Å². The van der Waals surface area contributed by atoms with Gasteiger partial charge < -0.3 is 14.3 Å². The average molecular weight is 176 g/mol. The molecule has 0 aliphatic heterocycles. The van der Waals surface area contributed by atoms with Crippen molar-refractivity contribution in [2.75, 3.05) is 40.9 Å². The smallest absolute Gasteiger partial charge is 0.309 e. The number of ether oxygens (including phenoxy) is 1. The van der Waals surface area contributed by atoms with E-state index in [9.17, 15) is 4.79 Å². The molecule has 1 N–H and O–H groups in total. The number of carbonyl (C=O) groups is 1. The van der Waals surface area contributed by atoms with Gasteiger partial charge in [-0.15, -0.1) is 0 Å². The van der Waals surface area contributed by atoms with Gasteiger partial charge in [0, 0.05) is 7.11 Å². The molecule has 0 heterocycles. The lowest BCUT2D eigenvalue weighted by atomic mass is 10.3. The number of likely N-dealkylation sites (N-methyl/N-ethyl adjacent to an activating group) is 1. The average Bonchev–Trinajstić information content (AvgIpc) is 1.98. The van der Waals surface area contributed by atoms with Gasteiger partial charge in [0.2, 0.25) is 0 Å². The van der Waals surface area contributed by atoms with Crippen molar-refractivity contribution < 1.29 is 19.1 Å². The summed E-state index contributed by atoms with van der Waals surface area (Å²) >= 11 is 0. The van der Waals surface area contributed by atoms with Crippen molar-refractivity contribution in [1.29, 1.82) is 0 Å². The molecule has 0 atom stereocenters. The Bertz CT molecular complexity index is 145. The van der Waals surface area contributed by atoms with E-state index in [1.165, 1.54) is 0 Å². The lowest BCUT2D eigenvalue weighted by Crippen LogP contribution is -2.43. The van der Waals surface area contributed by atoms with Gasteiger partial charge in [0.25, 0.3) is 0 Å². The van der Waals surface area contributed by atoms with Crippen LogP contribution in [0.15, 0.2) is 0 Å². The molecule has 0 aliphatic rings. The van der Waals surface area contributed by atoms with Gasteiger partial charge >= 0.3 is 5.97 Å². The number of hydrogen-bond donors (Lipinski definition) is 1. The predicted octanol–water partition coefficient (Wildman–Crippen LogP) is 0.184. The Morgan fingerprint density at radius 1 is 1.42 bits per heavy atom. The summed E-state index contributed by atoms with van der Waals surface area (Å²) in [6.45, 7) is 2.18. The van der Waals surface area contributed by atoms with Crippen LogP contribution in [0.3, 0.4) is 0 Å². The minimum absolute atomic E-state index is 0.219. The summed E-state index contributed by atoms with van der Waals surface area (Å²) in [6.07, 6.45) is 0.219. The number of methoxy groups -OCH3 is 1. The summed E-state index contributed by atoms with van der Waals surface area (Å²) in [4.78, 5) is 10.3. The number of carboxylic acids is 1. The lowest BCUT2D eigenvalue weighted by Gasteiger charge is -2.28. The molecule has 0 fully saturated rings. The number of rotatable bonds is 6. The molecule has 4 nitrogen and oxygen atoms in total. The summed E-state index contributed by atoms with van der Waals surface area (Å²) in [7, 11) is 5.65. The fourth-order valence-electron chi connectivity index (χ4n) is 0.849. The van der Waals surface area contributed by atoms with E-state index in [0.29, 0.717) is 17.6 Å². The zero-order valence-corrected chi connectivity index (χ0v) is 8.04. The molecule has 4 heteroatoms. The van der Waals surface area contributed by atoms with Crippen LogP contribution in [0.1, 0.15) is 6.42 Å². The van der Waals surface area contributed by atoms with Gasteiger partial charge in [0.15, 0.2) is 0 Å². The van der Waals surface area contributed by atoms with Crippen molar-refractivity contribution in [3.63, 3.8) is 0 Å². The predicted molar refractivity (Wildman–Crippen MR) is 46.0 cm³/mol. The molecule has 0 spiro atoms. The highest BCUT2D eigenvalue weighted by atomic mass is 16.5. The zero-order valence-electron chi connectivity index (χ0n) is 8.04. The van der Waals surface area contributed by atoms with E-state index in [-0.39, 0.29) is 6.42 Å². The third-order valence-corrected chi connectivity index (χ3v) is 1.83. The highest BCUT2D eigenvalue weighted by Crippen LogP contribution is 1.98. The minimum atomic E-state index is -0.737. The molecule has 0 aromatic heterocycles. The molecule has 0 radical (unpaired) electrons. The maximum atomic E-state index is 10.3. The minimum Gasteiger partial charge on any atom is -0.481 e. The first kappa shape index (κ1) is 11.4. The number of quaternary nitrogens is 1. The number of aliphatic carboxylic acids is 1. The van der Waals surface area contributed by atoms with Crippen LogP contribution in [0.5, 0.6) is 0 Å². The first-order chi connectivity index (χ1) is 5.48. The molecule has 0 aromatic rings. The lowest BCUT2D eigenvalue weighted by molar-refractivity contribution is -0.890. The Kier molecular flexibility index (Phi) is 4.85. The summed E-state index contributed by atoms with van der Waals surface area (Å²) < 4.78 is 5.62. The molecule has 0 amide bonds. The second kappa shape index (κ2) is 5.11. The Labute approximate surface area is 73.3 Å². The van der Waals surface area contributed by atoms with Gasteiger partial charge in [-0.2, -0.15) is 0 Å². The molecule has 0 rings (SSSR count). The Balaban J connectivity index is 3.63. The van der Waals surface area contributed by atoms with Crippen molar-refractivity contribution in [2.24, 2.45) is 0 Å². The number of carboxylic acid groups (broad SMARTS) is 1. The summed E-state index contributed by atoms with van der Waals surface area (Å²) in [5.41, 5.74) is 0. The Hall–Kier alpha value is -0.610. The summed E-state index contributed by atoms with van der Waals surface area (Å²) in [5.74, 6) is -0.737. The first-order valence-corrected chi connectivity index (χ1v) is 4.01. The van der Waals surface area contributed by atoms with Crippen LogP contribution in [0.25, 0.3) is 0 Å². The van der Waals surface area contributed by atoms with Crippen LogP contribution < -0.4 is 0 Å². The SMILES string of the molecule is COCC[N+](C)(C)CCC(=O)O. The van der Waals surface area contributed by atoms with Crippen molar-refractivity contribution in [3.05, 3.63) is 0 Å². The molecule has 0 saturated carbocycles. The van der Waals surface area contributed by atoms with E-state index in [4.69, 9.17) is 9.84 Å². The normalized spacial score (nSPS) is 11.6. The van der Waals surface area contributed by atoms with E-state index >= 15 is 0 Å². The topological polar surface area (TPSA) is 46.5 Å². The van der Waals surface area contributed by atoms with E-state index in [0.717, 1.165) is 6.54 Å². The standard InChI is InChI=1S/C8H17NO3/c1-9(2,6-7-12-3)5-4-8(10)11/h4-7H2,1-3H3/p+1. The highest BCUT2D eigenvalue weighted by molar-refractivity contribution is 5.66. The maximum Gasteiger partial charge on any atom is 0.309 e. The molecular formula is C8H18NO3+. The van der Waals surface area contributed by atoms with E-state index < -0.39 is 5.97 Å². The highest BCUT2D eigenvalue weighted by Gasteiger charge is 2.15. The van der Waals surface area contributed by atoms with Crippen molar-refractivity contribution in [3.8, 4) is 0 Å². The Morgan fingerprint density at radius 2 is 2.00 bits per heavy atom. The third-order valence-electron chi connectivity index (χ3n) is 1.83. The van der Waals surface area contributed by atoms with Crippen molar-refractivity contribution in [1.82, 2.24) is 0 Å². The molecule has 0 unspecified atom stereocenters. The van der Waals surface area contributed by atoms with Gasteiger partial charge in [0.05, 0.1) is 33.7 Å². The van der Waals surface area contributed by atoms with Gasteiger partial charge in [-0.25, -0.2) is 0 Å². The summed E-state index contributed by atoms with van der Waals surface area (Å²) in [5, 5.41) is 8.46. The van der Waals surface area contributed by atoms with Crippen LogP contribution in [0, 0.1) is 0 Å². The molecular weight excluding hydrogens is 158 g/mol. The monoisotopic (exact) mass is 176 g/mol. The van der Waals surface area contributed by atoms with Crippen LogP contribution in [0.2, 0.25) is 0 Å². The second-order valence-electron chi connectivity index (χ2n) is 3.52. The van der Waals surface area contributed by atoms with Gasteiger partial charge in [-0.3, -0.25) is 4.79 Å². The molecule has 12 heavy (non-hydrogen) atoms. The van der Waals surface area contributed by atoms with Gasteiger partial charge in [-0.05, 0) is 0 Å².